The Morgan fingerprint density at radius 1 is 0.938 bits per heavy atom. The number of carbonyl (C=O) groups is 2. The Morgan fingerprint density at radius 2 is 1.38 bits per heavy atom. The molecule has 0 aromatic heterocycles. The number of imide groups is 1. The molecule has 3 heteroatoms. The minimum atomic E-state index is 0.0249. The van der Waals surface area contributed by atoms with Gasteiger partial charge in [-0.15, -0.1) is 0 Å². The third-order valence-corrected chi connectivity index (χ3v) is 4.96. The number of likely N-dealkylation sites (tertiary alicyclic amines) is 1. The lowest BCUT2D eigenvalue weighted by Crippen LogP contribution is -2.35. The van der Waals surface area contributed by atoms with Crippen LogP contribution >= 0.6 is 0 Å². The molecule has 3 fully saturated rings. The highest BCUT2D eigenvalue weighted by Crippen LogP contribution is 2.48. The van der Waals surface area contributed by atoms with Crippen LogP contribution in [0.5, 0.6) is 0 Å². The lowest BCUT2D eigenvalue weighted by Gasteiger charge is -2.39. The van der Waals surface area contributed by atoms with Crippen molar-refractivity contribution in [3.05, 3.63) is 0 Å². The number of carbonyl (C=O) groups excluding carboxylic acids is 2. The molecule has 0 aromatic carbocycles. The van der Waals surface area contributed by atoms with Crippen LogP contribution < -0.4 is 0 Å². The topological polar surface area (TPSA) is 37.4 Å². The molecular weight excluding hydrogens is 202 g/mol. The summed E-state index contributed by atoms with van der Waals surface area (Å²) in [5, 5.41) is 0. The second-order valence-corrected chi connectivity index (χ2v) is 5.72. The molecular formula is C13H19NO2. The molecule has 0 N–H and O–H groups in total. The van der Waals surface area contributed by atoms with Crippen LogP contribution in [0.4, 0.5) is 0 Å². The average molecular weight is 221 g/mol. The first-order valence-electron chi connectivity index (χ1n) is 6.50. The number of amides is 2. The fourth-order valence-electron chi connectivity index (χ4n) is 4.04. The largest absolute Gasteiger partial charge is 0.285 e. The van der Waals surface area contributed by atoms with Crippen molar-refractivity contribution >= 4 is 11.8 Å². The zero-order valence-corrected chi connectivity index (χ0v) is 9.82. The summed E-state index contributed by atoms with van der Waals surface area (Å²) >= 11 is 0. The van der Waals surface area contributed by atoms with Gasteiger partial charge in [-0.25, -0.2) is 0 Å². The van der Waals surface area contributed by atoms with Gasteiger partial charge in [-0.05, 0) is 24.7 Å². The van der Waals surface area contributed by atoms with Crippen molar-refractivity contribution < 1.29 is 9.59 Å². The molecule has 0 bridgehead atoms. The third kappa shape index (κ3) is 1.33. The molecule has 4 unspecified atom stereocenters. The summed E-state index contributed by atoms with van der Waals surface area (Å²) in [5.74, 6) is 1.66. The van der Waals surface area contributed by atoms with Gasteiger partial charge in [0.15, 0.2) is 0 Å². The third-order valence-electron chi connectivity index (χ3n) is 4.96. The van der Waals surface area contributed by atoms with E-state index in [0.717, 1.165) is 24.7 Å². The van der Waals surface area contributed by atoms with Crippen molar-refractivity contribution in [3.8, 4) is 0 Å². The molecule has 0 aromatic rings. The van der Waals surface area contributed by atoms with Gasteiger partial charge < -0.3 is 0 Å². The Hall–Kier alpha value is -0.860. The van der Waals surface area contributed by atoms with E-state index in [9.17, 15) is 9.59 Å². The van der Waals surface area contributed by atoms with Crippen LogP contribution in [0.3, 0.4) is 0 Å². The highest BCUT2D eigenvalue weighted by atomic mass is 16.2. The van der Waals surface area contributed by atoms with Crippen LogP contribution in [-0.2, 0) is 9.59 Å². The molecule has 88 valence electrons. The van der Waals surface area contributed by atoms with Gasteiger partial charge in [-0.3, -0.25) is 14.5 Å². The minimum absolute atomic E-state index is 0.0249. The van der Waals surface area contributed by atoms with Gasteiger partial charge in [0, 0.05) is 7.05 Å². The molecule has 16 heavy (non-hydrogen) atoms. The fraction of sp³-hybridized carbons (Fsp3) is 0.846. The van der Waals surface area contributed by atoms with E-state index in [1.165, 1.54) is 30.6 Å². The van der Waals surface area contributed by atoms with Crippen molar-refractivity contribution in [2.45, 2.75) is 38.5 Å². The number of fused-ring (bicyclic) bond motifs is 2. The predicted octanol–water partition coefficient (Wildman–Crippen LogP) is 1.82. The van der Waals surface area contributed by atoms with Gasteiger partial charge >= 0.3 is 0 Å². The van der Waals surface area contributed by atoms with E-state index in [1.807, 2.05) is 0 Å². The summed E-state index contributed by atoms with van der Waals surface area (Å²) in [5.41, 5.74) is 0. The Bertz CT molecular complexity index is 307. The van der Waals surface area contributed by atoms with Gasteiger partial charge in [0.2, 0.25) is 11.8 Å². The summed E-state index contributed by atoms with van der Waals surface area (Å²) in [4.78, 5) is 25.2. The van der Waals surface area contributed by atoms with Crippen LogP contribution in [0.25, 0.3) is 0 Å². The van der Waals surface area contributed by atoms with E-state index in [-0.39, 0.29) is 23.7 Å². The zero-order chi connectivity index (χ0) is 11.3. The van der Waals surface area contributed by atoms with E-state index < -0.39 is 0 Å². The van der Waals surface area contributed by atoms with Crippen LogP contribution in [0.15, 0.2) is 0 Å². The number of nitrogens with zero attached hydrogens (tertiary/aromatic N) is 1. The molecule has 2 amide bonds. The molecule has 3 nitrogen and oxygen atoms in total. The quantitative estimate of drug-likeness (QED) is 0.585. The molecule has 0 spiro atoms. The highest BCUT2D eigenvalue weighted by molar-refractivity contribution is 6.04. The number of hydrogen-bond donors (Lipinski definition) is 0. The maximum absolute atomic E-state index is 11.9. The van der Waals surface area contributed by atoms with Crippen molar-refractivity contribution in [2.24, 2.45) is 23.7 Å². The molecule has 1 saturated heterocycles. The van der Waals surface area contributed by atoms with Crippen molar-refractivity contribution in [2.75, 3.05) is 7.05 Å². The van der Waals surface area contributed by atoms with Gasteiger partial charge in [0.25, 0.3) is 0 Å². The normalized spacial score (nSPS) is 43.2. The standard InChI is InChI=1S/C13H19NO2/c1-14-12(15)10-6-8-4-2-3-5-9(8)7-11(10)13(14)16/h8-11H,2-7H2,1H3. The SMILES string of the molecule is CN1C(=O)C2CC3CCCCC3CC2C1=O. The summed E-state index contributed by atoms with van der Waals surface area (Å²) in [6.45, 7) is 0. The molecule has 1 heterocycles. The number of rotatable bonds is 0. The highest BCUT2D eigenvalue weighted by Gasteiger charge is 2.51. The Morgan fingerprint density at radius 3 is 1.81 bits per heavy atom. The Balaban J connectivity index is 1.83. The van der Waals surface area contributed by atoms with Crippen molar-refractivity contribution in [1.29, 1.82) is 0 Å². The van der Waals surface area contributed by atoms with Crippen LogP contribution in [0, 0.1) is 23.7 Å². The molecule has 4 atom stereocenters. The van der Waals surface area contributed by atoms with Crippen LogP contribution in [0.2, 0.25) is 0 Å². The summed E-state index contributed by atoms with van der Waals surface area (Å²) in [6, 6.07) is 0. The second kappa shape index (κ2) is 3.57. The molecule has 3 aliphatic rings. The van der Waals surface area contributed by atoms with E-state index in [4.69, 9.17) is 0 Å². The predicted molar refractivity (Wildman–Crippen MR) is 59.4 cm³/mol. The monoisotopic (exact) mass is 221 g/mol. The second-order valence-electron chi connectivity index (χ2n) is 5.72. The van der Waals surface area contributed by atoms with Gasteiger partial charge in [-0.1, -0.05) is 25.7 Å². The van der Waals surface area contributed by atoms with Crippen molar-refractivity contribution in [1.82, 2.24) is 4.90 Å². The van der Waals surface area contributed by atoms with Gasteiger partial charge in [0.05, 0.1) is 11.8 Å². The van der Waals surface area contributed by atoms with Gasteiger partial charge in [-0.2, -0.15) is 0 Å². The van der Waals surface area contributed by atoms with Crippen molar-refractivity contribution in [3.63, 3.8) is 0 Å². The van der Waals surface area contributed by atoms with E-state index in [1.54, 1.807) is 7.05 Å². The Labute approximate surface area is 96.2 Å². The van der Waals surface area contributed by atoms with E-state index >= 15 is 0 Å². The van der Waals surface area contributed by atoms with Crippen LogP contribution in [0.1, 0.15) is 38.5 Å². The maximum atomic E-state index is 11.9. The van der Waals surface area contributed by atoms with E-state index in [2.05, 4.69) is 0 Å². The molecule has 2 saturated carbocycles. The molecule has 3 rings (SSSR count). The lowest BCUT2D eigenvalue weighted by molar-refractivity contribution is -0.138. The lowest BCUT2D eigenvalue weighted by atomic mass is 9.64. The smallest absolute Gasteiger partial charge is 0.232 e. The van der Waals surface area contributed by atoms with E-state index in [0.29, 0.717) is 0 Å². The van der Waals surface area contributed by atoms with Crippen LogP contribution in [-0.4, -0.2) is 23.8 Å². The first-order chi connectivity index (χ1) is 7.68. The molecule has 1 aliphatic heterocycles. The van der Waals surface area contributed by atoms with Gasteiger partial charge in [0.1, 0.15) is 0 Å². The summed E-state index contributed by atoms with van der Waals surface area (Å²) < 4.78 is 0. The minimum Gasteiger partial charge on any atom is -0.285 e. The molecule has 2 aliphatic carbocycles. The molecule has 0 radical (unpaired) electrons. The zero-order valence-electron chi connectivity index (χ0n) is 9.82. The fourth-order valence-corrected chi connectivity index (χ4v) is 4.04. The first-order valence-corrected chi connectivity index (χ1v) is 6.50. The summed E-state index contributed by atoms with van der Waals surface area (Å²) in [6.07, 6.45) is 7.14. The summed E-state index contributed by atoms with van der Waals surface area (Å²) in [7, 11) is 1.65. The first kappa shape index (κ1) is 10.3. The number of hydrogen-bond acceptors (Lipinski definition) is 2. The Kier molecular flexibility index (Phi) is 2.30. The average Bonchev–Trinajstić information content (AvgIpc) is 2.52. The maximum Gasteiger partial charge on any atom is 0.232 e.